The molecule has 0 spiro atoms. The minimum absolute atomic E-state index is 0.253. The summed E-state index contributed by atoms with van der Waals surface area (Å²) in [4.78, 5) is 32.4. The Morgan fingerprint density at radius 3 is 2.38 bits per heavy atom. The van der Waals surface area contributed by atoms with Crippen LogP contribution in [0, 0.1) is 5.41 Å². The molecule has 0 radical (unpaired) electrons. The van der Waals surface area contributed by atoms with Gasteiger partial charge in [-0.05, 0) is 112 Å². The molecule has 2 amide bonds. The van der Waals surface area contributed by atoms with Crippen molar-refractivity contribution in [3.05, 3.63) is 53.6 Å². The summed E-state index contributed by atoms with van der Waals surface area (Å²) < 4.78 is 35.4. The largest absolute Gasteiger partial charge is 0.497 e. The predicted octanol–water partition coefficient (Wildman–Crippen LogP) is 5.92. The van der Waals surface area contributed by atoms with E-state index in [-0.39, 0.29) is 5.91 Å². The van der Waals surface area contributed by atoms with Gasteiger partial charge in [0.2, 0.25) is 15.9 Å². The summed E-state index contributed by atoms with van der Waals surface area (Å²) in [5.74, 6) is 0.751. The summed E-state index contributed by atoms with van der Waals surface area (Å²) in [6.45, 7) is 7.30. The third kappa shape index (κ3) is 6.07. The number of rotatable bonds is 9. The normalized spacial score (nSPS) is 21.6. The molecule has 1 N–H and O–H groups in total. The van der Waals surface area contributed by atoms with Gasteiger partial charge >= 0.3 is 0 Å². The van der Waals surface area contributed by atoms with Crippen LogP contribution in [-0.4, -0.2) is 79.2 Å². The molecule has 1 aromatic heterocycles. The molecular formula is C37H48N4O5S. The number of benzene rings is 2. The average Bonchev–Trinajstić information content (AvgIpc) is 3.59. The number of nitrogens with zero attached hydrogens (tertiary/aromatic N) is 3. The lowest BCUT2D eigenvalue weighted by molar-refractivity contribution is -0.140. The van der Waals surface area contributed by atoms with Crippen LogP contribution in [-0.2, 0) is 21.4 Å². The zero-order chi connectivity index (χ0) is 32.9. The lowest BCUT2D eigenvalue weighted by atomic mass is 9.81. The molecule has 2 aromatic carbocycles. The van der Waals surface area contributed by atoms with E-state index < -0.39 is 26.6 Å². The van der Waals surface area contributed by atoms with Crippen LogP contribution in [0.25, 0.3) is 22.2 Å². The van der Waals surface area contributed by atoms with Crippen LogP contribution >= 0.6 is 0 Å². The molecule has 4 aliphatic rings. The van der Waals surface area contributed by atoms with Gasteiger partial charge in [0.1, 0.15) is 5.75 Å². The van der Waals surface area contributed by atoms with Gasteiger partial charge in [-0.3, -0.25) is 14.5 Å². The number of amides is 2. The standard InChI is InChI=1S/C37H48N4O5S/c1-25(2)47(44,45)38-35(42)28-13-16-31-32(22-28)41(24-37(17-18-37)36(43)40-21-20-39-19-7-10-29(39)23-40)34(27-11-14-30(46-3)15-12-27)33(31)26-8-5-4-6-9-26/h11-16,22,25-26,29H,4-10,17-21,23-24H2,1-3H3,(H,38,42). The van der Waals surface area contributed by atoms with Crippen molar-refractivity contribution in [1.82, 2.24) is 19.1 Å². The summed E-state index contributed by atoms with van der Waals surface area (Å²) in [5.41, 5.74) is 4.11. The number of ether oxygens (including phenoxy) is 1. The van der Waals surface area contributed by atoms with Gasteiger partial charge < -0.3 is 14.2 Å². The van der Waals surface area contributed by atoms with Gasteiger partial charge in [0.25, 0.3) is 5.91 Å². The number of aromatic nitrogens is 1. The highest BCUT2D eigenvalue weighted by atomic mass is 32.2. The second kappa shape index (κ2) is 12.6. The number of sulfonamides is 1. The fourth-order valence-corrected chi connectivity index (χ4v) is 8.87. The fraction of sp³-hybridized carbons (Fsp3) is 0.568. The predicted molar refractivity (Wildman–Crippen MR) is 184 cm³/mol. The van der Waals surface area contributed by atoms with Gasteiger partial charge in [-0.1, -0.05) is 25.3 Å². The van der Waals surface area contributed by atoms with E-state index in [1.807, 2.05) is 24.3 Å². The number of methoxy groups -OCH3 is 1. The molecule has 10 heteroatoms. The molecule has 7 rings (SSSR count). The van der Waals surface area contributed by atoms with Crippen molar-refractivity contribution in [2.75, 3.05) is 33.3 Å². The first-order valence-electron chi connectivity index (χ1n) is 17.5. The van der Waals surface area contributed by atoms with Crippen LogP contribution in [0.2, 0.25) is 0 Å². The van der Waals surface area contributed by atoms with Gasteiger partial charge in [0, 0.05) is 48.7 Å². The number of nitrogens with one attached hydrogen (secondary N) is 1. The quantitative estimate of drug-likeness (QED) is 0.306. The van der Waals surface area contributed by atoms with Crippen LogP contribution < -0.4 is 9.46 Å². The molecule has 3 aromatic rings. The number of hydrogen-bond donors (Lipinski definition) is 1. The zero-order valence-corrected chi connectivity index (χ0v) is 28.8. The Morgan fingerprint density at radius 1 is 0.957 bits per heavy atom. The highest BCUT2D eigenvalue weighted by Crippen LogP contribution is 2.52. The number of piperazine rings is 1. The van der Waals surface area contributed by atoms with Gasteiger partial charge in [-0.25, -0.2) is 13.1 Å². The molecule has 0 bridgehead atoms. The Hall–Kier alpha value is -3.37. The second-order valence-corrected chi connectivity index (χ2v) is 16.8. The van der Waals surface area contributed by atoms with Crippen LogP contribution in [0.1, 0.15) is 93.5 Å². The Kier molecular flexibility index (Phi) is 8.62. The number of hydrogen-bond acceptors (Lipinski definition) is 6. The van der Waals surface area contributed by atoms with E-state index in [2.05, 4.69) is 31.2 Å². The molecule has 47 heavy (non-hydrogen) atoms. The molecule has 2 saturated heterocycles. The molecule has 1 unspecified atom stereocenters. The monoisotopic (exact) mass is 660 g/mol. The summed E-state index contributed by atoms with van der Waals surface area (Å²) >= 11 is 0. The van der Waals surface area contributed by atoms with Crippen molar-refractivity contribution in [1.29, 1.82) is 0 Å². The van der Waals surface area contributed by atoms with Crippen molar-refractivity contribution >= 4 is 32.7 Å². The highest BCUT2D eigenvalue weighted by Gasteiger charge is 2.53. The molecule has 2 aliphatic heterocycles. The first-order chi connectivity index (χ1) is 22.6. The first kappa shape index (κ1) is 32.2. The minimum atomic E-state index is -3.80. The highest BCUT2D eigenvalue weighted by molar-refractivity contribution is 7.90. The third-order valence-corrected chi connectivity index (χ3v) is 13.0. The first-order valence-corrected chi connectivity index (χ1v) is 19.0. The molecule has 3 heterocycles. The summed E-state index contributed by atoms with van der Waals surface area (Å²) in [5, 5.41) is 0.347. The average molecular weight is 661 g/mol. The van der Waals surface area contributed by atoms with Crippen molar-refractivity contribution in [3.63, 3.8) is 0 Å². The van der Waals surface area contributed by atoms with Crippen LogP contribution in [0.15, 0.2) is 42.5 Å². The Bertz CT molecular complexity index is 1770. The summed E-state index contributed by atoms with van der Waals surface area (Å²) in [6, 6.07) is 14.2. The smallest absolute Gasteiger partial charge is 0.264 e. The minimum Gasteiger partial charge on any atom is -0.497 e. The van der Waals surface area contributed by atoms with E-state index in [0.29, 0.717) is 24.1 Å². The lowest BCUT2D eigenvalue weighted by Crippen LogP contribution is -2.54. The SMILES string of the molecule is COc1ccc(-c2c(C3CCCCC3)c3ccc(C(=O)NS(=O)(=O)C(C)C)cc3n2CC2(C(=O)N3CCN4CCCC4C3)CC2)cc1. The lowest BCUT2D eigenvalue weighted by Gasteiger charge is -2.39. The van der Waals surface area contributed by atoms with Gasteiger partial charge in [-0.15, -0.1) is 0 Å². The molecule has 4 fully saturated rings. The summed E-state index contributed by atoms with van der Waals surface area (Å²) in [7, 11) is -2.13. The van der Waals surface area contributed by atoms with Crippen LogP contribution in [0.3, 0.4) is 0 Å². The van der Waals surface area contributed by atoms with Gasteiger partial charge in [0.15, 0.2) is 0 Å². The van der Waals surface area contributed by atoms with Crippen molar-refractivity contribution in [2.45, 2.75) is 95.4 Å². The maximum absolute atomic E-state index is 14.4. The molecular weight excluding hydrogens is 612 g/mol. The molecule has 2 saturated carbocycles. The van der Waals surface area contributed by atoms with E-state index in [9.17, 15) is 18.0 Å². The van der Waals surface area contributed by atoms with Crippen molar-refractivity contribution < 1.29 is 22.7 Å². The maximum atomic E-state index is 14.4. The van der Waals surface area contributed by atoms with E-state index >= 15 is 0 Å². The number of carbonyl (C=O) groups excluding carboxylic acids is 2. The Morgan fingerprint density at radius 2 is 1.70 bits per heavy atom. The van der Waals surface area contributed by atoms with E-state index in [1.165, 1.54) is 31.2 Å². The van der Waals surface area contributed by atoms with E-state index in [0.717, 1.165) is 86.2 Å². The molecule has 252 valence electrons. The van der Waals surface area contributed by atoms with E-state index in [4.69, 9.17) is 4.74 Å². The van der Waals surface area contributed by atoms with E-state index in [1.54, 1.807) is 27.0 Å². The Labute approximate surface area is 278 Å². The third-order valence-electron chi connectivity index (χ3n) is 11.2. The topological polar surface area (TPSA) is 101 Å². The maximum Gasteiger partial charge on any atom is 0.264 e. The number of carbonyl (C=O) groups is 2. The number of fused-ring (bicyclic) bond motifs is 2. The molecule has 1 atom stereocenters. The van der Waals surface area contributed by atoms with Crippen molar-refractivity contribution in [3.8, 4) is 17.0 Å². The zero-order valence-electron chi connectivity index (χ0n) is 28.0. The Balaban J connectivity index is 1.35. The summed E-state index contributed by atoms with van der Waals surface area (Å²) in [6.07, 6.45) is 9.78. The van der Waals surface area contributed by atoms with Gasteiger partial charge in [-0.2, -0.15) is 0 Å². The van der Waals surface area contributed by atoms with Crippen LogP contribution in [0.4, 0.5) is 0 Å². The molecule has 9 nitrogen and oxygen atoms in total. The molecule has 2 aliphatic carbocycles. The van der Waals surface area contributed by atoms with Gasteiger partial charge in [0.05, 0.1) is 23.5 Å². The van der Waals surface area contributed by atoms with Crippen LogP contribution in [0.5, 0.6) is 5.75 Å². The second-order valence-electron chi connectivity index (χ2n) is 14.5. The van der Waals surface area contributed by atoms with Crippen molar-refractivity contribution in [2.24, 2.45) is 5.41 Å². The fourth-order valence-electron chi connectivity index (χ4n) is 8.26.